The van der Waals surface area contributed by atoms with Crippen LogP contribution in [0.4, 0.5) is 0 Å². The van der Waals surface area contributed by atoms with Crippen molar-refractivity contribution in [3.8, 4) is 11.5 Å². The van der Waals surface area contributed by atoms with Gasteiger partial charge in [0.25, 0.3) is 0 Å². The van der Waals surface area contributed by atoms with E-state index in [9.17, 15) is 14.7 Å². The number of benzene rings is 1. The van der Waals surface area contributed by atoms with Gasteiger partial charge in [-0.15, -0.1) is 0 Å². The Kier molecular flexibility index (Phi) is 4.53. The van der Waals surface area contributed by atoms with Gasteiger partial charge in [0.15, 0.2) is 17.3 Å². The highest BCUT2D eigenvalue weighted by molar-refractivity contribution is 6.03. The Hall–Kier alpha value is -2.76. The van der Waals surface area contributed by atoms with Crippen molar-refractivity contribution in [2.24, 2.45) is 0 Å². The molecule has 1 aromatic rings. The Balaban J connectivity index is 2.21. The van der Waals surface area contributed by atoms with Crippen LogP contribution in [0.2, 0.25) is 0 Å². The molecule has 0 spiro atoms. The Morgan fingerprint density at radius 1 is 1.28 bits per heavy atom. The predicted molar refractivity (Wildman–Crippen MR) is 91.1 cm³/mol. The van der Waals surface area contributed by atoms with Crippen molar-refractivity contribution in [3.63, 3.8) is 0 Å². The summed E-state index contributed by atoms with van der Waals surface area (Å²) in [6, 6.07) is 4.87. The van der Waals surface area contributed by atoms with Crippen LogP contribution in [-0.4, -0.2) is 31.1 Å². The van der Waals surface area contributed by atoms with Crippen LogP contribution in [0.5, 0.6) is 11.5 Å². The molecule has 0 saturated heterocycles. The van der Waals surface area contributed by atoms with Gasteiger partial charge in [-0.3, -0.25) is 4.79 Å². The summed E-state index contributed by atoms with van der Waals surface area (Å²) >= 11 is 0. The van der Waals surface area contributed by atoms with E-state index in [-0.39, 0.29) is 11.5 Å². The van der Waals surface area contributed by atoms with Gasteiger partial charge in [-0.25, -0.2) is 4.79 Å². The van der Waals surface area contributed by atoms with Crippen molar-refractivity contribution in [2.75, 3.05) is 14.2 Å². The second-order valence-corrected chi connectivity index (χ2v) is 6.19. The minimum Gasteiger partial charge on any atom is -0.504 e. The van der Waals surface area contributed by atoms with Crippen LogP contribution < -0.4 is 10.1 Å². The molecule has 2 N–H and O–H groups in total. The number of hydrogen-bond acceptors (Lipinski definition) is 6. The number of hydrogen-bond donors (Lipinski definition) is 2. The number of aromatic hydroxyl groups is 1. The number of phenolic OH excluding ortho intramolecular Hbond substituents is 1. The molecule has 1 aliphatic heterocycles. The number of nitrogens with one attached hydrogen (secondary N) is 1. The molecule has 25 heavy (non-hydrogen) atoms. The summed E-state index contributed by atoms with van der Waals surface area (Å²) in [6.45, 7) is 1.81. The van der Waals surface area contributed by atoms with Crippen LogP contribution in [0.25, 0.3) is 0 Å². The van der Waals surface area contributed by atoms with E-state index in [0.29, 0.717) is 34.6 Å². The van der Waals surface area contributed by atoms with Crippen molar-refractivity contribution in [1.29, 1.82) is 0 Å². The number of rotatable bonds is 3. The van der Waals surface area contributed by atoms with Crippen LogP contribution in [0.1, 0.15) is 37.7 Å². The number of phenols is 1. The topological polar surface area (TPSA) is 84.9 Å². The summed E-state index contributed by atoms with van der Waals surface area (Å²) in [4.78, 5) is 25.1. The molecule has 6 heteroatoms. The SMILES string of the molecule is COC(=O)C1=C(C)NC2=C(C(=O)CCC2)[C@@H]1c1ccc(O)c(OC)c1. The molecular weight excluding hydrogens is 322 g/mol. The molecule has 0 unspecified atom stereocenters. The molecule has 6 nitrogen and oxygen atoms in total. The van der Waals surface area contributed by atoms with Crippen LogP contribution >= 0.6 is 0 Å². The third kappa shape index (κ3) is 2.88. The molecule has 0 radical (unpaired) electrons. The molecular formula is C19H21NO5. The number of carbonyl (C=O) groups is 2. The fourth-order valence-corrected chi connectivity index (χ4v) is 3.57. The minimum absolute atomic E-state index is 0.00433. The number of dihydropyridines is 1. The Labute approximate surface area is 146 Å². The zero-order valence-electron chi connectivity index (χ0n) is 14.5. The monoisotopic (exact) mass is 343 g/mol. The Bertz CT molecular complexity index is 806. The summed E-state index contributed by atoms with van der Waals surface area (Å²) in [5.41, 5.74) is 3.25. The summed E-state index contributed by atoms with van der Waals surface area (Å²) in [7, 11) is 2.78. The largest absolute Gasteiger partial charge is 0.504 e. The Morgan fingerprint density at radius 3 is 2.72 bits per heavy atom. The van der Waals surface area contributed by atoms with Crippen LogP contribution in [-0.2, 0) is 14.3 Å². The van der Waals surface area contributed by atoms with Crippen LogP contribution in [0.3, 0.4) is 0 Å². The molecule has 0 bridgehead atoms. The van der Waals surface area contributed by atoms with E-state index in [1.54, 1.807) is 19.1 Å². The summed E-state index contributed by atoms with van der Waals surface area (Å²) in [5, 5.41) is 13.1. The second-order valence-electron chi connectivity index (χ2n) is 6.19. The average molecular weight is 343 g/mol. The Morgan fingerprint density at radius 2 is 2.04 bits per heavy atom. The fraction of sp³-hybridized carbons (Fsp3) is 0.368. The van der Waals surface area contributed by atoms with E-state index < -0.39 is 11.9 Å². The van der Waals surface area contributed by atoms with Crippen molar-refractivity contribution < 1.29 is 24.2 Å². The van der Waals surface area contributed by atoms with Gasteiger partial charge in [0.2, 0.25) is 0 Å². The summed E-state index contributed by atoms with van der Waals surface area (Å²) in [5.74, 6) is -0.689. The molecule has 2 aliphatic rings. The molecule has 0 aromatic heterocycles. The lowest BCUT2D eigenvalue weighted by Gasteiger charge is -2.34. The van der Waals surface area contributed by atoms with E-state index in [1.807, 2.05) is 0 Å². The molecule has 0 amide bonds. The zero-order valence-corrected chi connectivity index (χ0v) is 14.5. The molecule has 132 valence electrons. The third-order valence-electron chi connectivity index (χ3n) is 4.72. The summed E-state index contributed by atoms with van der Waals surface area (Å²) in [6.07, 6.45) is 2.01. The smallest absolute Gasteiger partial charge is 0.336 e. The van der Waals surface area contributed by atoms with Gasteiger partial charge in [-0.05, 0) is 37.5 Å². The maximum Gasteiger partial charge on any atom is 0.336 e. The average Bonchev–Trinajstić information content (AvgIpc) is 2.60. The maximum atomic E-state index is 12.6. The van der Waals surface area contributed by atoms with Crippen molar-refractivity contribution in [2.45, 2.75) is 32.1 Å². The number of Topliss-reactive ketones (excluding diaryl/α,β-unsaturated/α-hetero) is 1. The molecule has 3 rings (SSSR count). The minimum atomic E-state index is -0.536. The van der Waals surface area contributed by atoms with E-state index in [2.05, 4.69) is 5.32 Å². The molecule has 1 aliphatic carbocycles. The molecule has 1 atom stereocenters. The fourth-order valence-electron chi connectivity index (χ4n) is 3.57. The van der Waals surface area contributed by atoms with E-state index >= 15 is 0 Å². The van der Waals surface area contributed by atoms with Crippen molar-refractivity contribution >= 4 is 11.8 Å². The van der Waals surface area contributed by atoms with Crippen LogP contribution in [0, 0.1) is 0 Å². The van der Waals surface area contributed by atoms with Crippen molar-refractivity contribution in [1.82, 2.24) is 5.32 Å². The number of allylic oxidation sites excluding steroid dienone is 3. The number of ether oxygens (including phenoxy) is 2. The third-order valence-corrected chi connectivity index (χ3v) is 4.72. The quantitative estimate of drug-likeness (QED) is 0.821. The van der Waals surface area contributed by atoms with Crippen molar-refractivity contribution in [3.05, 3.63) is 46.3 Å². The normalized spacial score (nSPS) is 20.1. The zero-order chi connectivity index (χ0) is 18.1. The van der Waals surface area contributed by atoms with E-state index in [0.717, 1.165) is 18.5 Å². The lowest BCUT2D eigenvalue weighted by molar-refractivity contribution is -0.136. The van der Waals surface area contributed by atoms with E-state index in [1.165, 1.54) is 20.3 Å². The highest BCUT2D eigenvalue weighted by Gasteiger charge is 2.39. The molecule has 0 fully saturated rings. The van der Waals surface area contributed by atoms with Gasteiger partial charge in [0.1, 0.15) is 0 Å². The van der Waals surface area contributed by atoms with Gasteiger partial charge in [-0.1, -0.05) is 6.07 Å². The van der Waals surface area contributed by atoms with Gasteiger partial charge in [0.05, 0.1) is 19.8 Å². The van der Waals surface area contributed by atoms with Gasteiger partial charge < -0.3 is 19.9 Å². The highest BCUT2D eigenvalue weighted by Crippen LogP contribution is 2.44. The number of ketones is 1. The molecule has 0 saturated carbocycles. The first-order valence-corrected chi connectivity index (χ1v) is 8.17. The standard InChI is InChI=1S/C19H21NO5/c1-10-16(19(23)25-3)17(11-7-8-13(21)15(9-11)24-2)18-12(20-10)5-4-6-14(18)22/h7-9,17,20-21H,4-6H2,1-3H3/t17-/m1/s1. The van der Waals surface area contributed by atoms with Gasteiger partial charge >= 0.3 is 5.97 Å². The van der Waals surface area contributed by atoms with Gasteiger partial charge in [0, 0.05) is 29.3 Å². The molecule has 1 aromatic carbocycles. The lowest BCUT2D eigenvalue weighted by atomic mass is 9.75. The number of carbonyl (C=O) groups excluding carboxylic acids is 2. The first-order chi connectivity index (χ1) is 12.0. The second kappa shape index (κ2) is 6.63. The number of methoxy groups -OCH3 is 2. The first-order valence-electron chi connectivity index (χ1n) is 8.17. The summed E-state index contributed by atoms with van der Waals surface area (Å²) < 4.78 is 10.1. The first kappa shape index (κ1) is 17.1. The highest BCUT2D eigenvalue weighted by atomic mass is 16.5. The predicted octanol–water partition coefficient (Wildman–Crippen LogP) is 2.54. The van der Waals surface area contributed by atoms with E-state index in [4.69, 9.17) is 9.47 Å². The van der Waals surface area contributed by atoms with Gasteiger partial charge in [-0.2, -0.15) is 0 Å². The maximum absolute atomic E-state index is 12.6. The number of esters is 1. The molecule has 1 heterocycles. The lowest BCUT2D eigenvalue weighted by Crippen LogP contribution is -2.34. The van der Waals surface area contributed by atoms with Crippen LogP contribution in [0.15, 0.2) is 40.7 Å².